The van der Waals surface area contributed by atoms with E-state index < -0.39 is 48.4 Å². The lowest BCUT2D eigenvalue weighted by molar-refractivity contribution is -0.147. The molecule has 246 valence electrons. The van der Waals surface area contributed by atoms with Gasteiger partial charge >= 0.3 is 29.0 Å². The molecule has 0 aliphatic heterocycles. The molecule has 0 amide bonds. The molecule has 0 aromatic carbocycles. The second kappa shape index (κ2) is 19.9. The molecule has 0 aliphatic carbocycles. The second-order valence-electron chi connectivity index (χ2n) is 11.0. The molecule has 1 aromatic rings. The van der Waals surface area contributed by atoms with E-state index in [0.29, 0.717) is 29.1 Å². The van der Waals surface area contributed by atoms with Gasteiger partial charge in [0.05, 0.1) is 45.2 Å². The predicted octanol–water partition coefficient (Wildman–Crippen LogP) is 2.59. The van der Waals surface area contributed by atoms with E-state index in [2.05, 4.69) is 27.4 Å². The average Bonchev–Trinajstić information content (AvgIpc) is 2.99. The average molecular weight is 648 g/mol. The van der Waals surface area contributed by atoms with Gasteiger partial charge in [-0.15, -0.1) is 6.58 Å². The lowest BCUT2D eigenvalue weighted by atomic mass is 9.86. The van der Waals surface area contributed by atoms with Gasteiger partial charge in [0.15, 0.2) is 0 Å². The first-order valence-electron chi connectivity index (χ1n) is 14.8. The maximum absolute atomic E-state index is 13.1. The molecule has 1 aromatic heterocycles. The molecule has 12 nitrogen and oxygen atoms in total. The van der Waals surface area contributed by atoms with E-state index >= 15 is 0 Å². The molecule has 0 aliphatic rings. The van der Waals surface area contributed by atoms with Crippen LogP contribution in [0, 0.1) is 11.3 Å². The number of rotatable bonds is 22. The van der Waals surface area contributed by atoms with Crippen molar-refractivity contribution in [3.8, 4) is 0 Å². The Balaban J connectivity index is 2.62. The minimum atomic E-state index is -1.39. The number of aliphatic hydroxyl groups is 2. The summed E-state index contributed by atoms with van der Waals surface area (Å²) >= 11 is 0. The fraction of sp³-hybridized carbons (Fsp3) is 0.759. The molecule has 2 N–H and O–H groups in total. The standard InChI is InChI=1S/C29H49N3O9S2/c1-7-11-21(5)23(34)18-32-27(38)30(14-8-2)26(37)31(28(32)39)17-22(33)19-40-24(35)12-15-42-43-16-13-25(36)41-20-29(6,9-3)10-4/h8,21-23,33-34H,2,7,9-20H2,1,3-6H3. The maximum atomic E-state index is 13.1. The van der Waals surface area contributed by atoms with Crippen molar-refractivity contribution >= 4 is 33.5 Å². The molecule has 1 heterocycles. The first-order valence-corrected chi connectivity index (χ1v) is 17.3. The summed E-state index contributed by atoms with van der Waals surface area (Å²) in [4.78, 5) is 62.9. The Morgan fingerprint density at radius 2 is 1.42 bits per heavy atom. The van der Waals surface area contributed by atoms with Gasteiger partial charge in [0.25, 0.3) is 0 Å². The Labute approximate surface area is 261 Å². The van der Waals surface area contributed by atoms with Crippen molar-refractivity contribution in [2.45, 2.75) is 105 Å². The van der Waals surface area contributed by atoms with Crippen LogP contribution in [0.4, 0.5) is 0 Å². The van der Waals surface area contributed by atoms with Crippen LogP contribution in [-0.4, -0.2) is 72.8 Å². The van der Waals surface area contributed by atoms with Crippen molar-refractivity contribution in [3.05, 3.63) is 44.1 Å². The number of esters is 2. The van der Waals surface area contributed by atoms with Gasteiger partial charge in [0.2, 0.25) is 0 Å². The van der Waals surface area contributed by atoms with E-state index in [1.165, 1.54) is 27.7 Å². The Bertz CT molecular complexity index is 1210. The van der Waals surface area contributed by atoms with E-state index in [1.54, 1.807) is 6.92 Å². The first kappa shape index (κ1) is 38.7. The van der Waals surface area contributed by atoms with Crippen molar-refractivity contribution in [1.82, 2.24) is 13.7 Å². The Morgan fingerprint density at radius 1 is 0.907 bits per heavy atom. The molecule has 0 saturated heterocycles. The summed E-state index contributed by atoms with van der Waals surface area (Å²) in [5.41, 5.74) is -2.79. The zero-order chi connectivity index (χ0) is 32.6. The Hall–Kier alpha value is -2.29. The highest BCUT2D eigenvalue weighted by molar-refractivity contribution is 8.76. The van der Waals surface area contributed by atoms with Crippen LogP contribution in [0.1, 0.15) is 73.1 Å². The SMILES string of the molecule is C=CCn1c(=O)n(CC(O)COC(=O)CCSSCCC(=O)OCC(C)(CC)CC)c(=O)n(CC(O)C(C)CCC)c1=O. The topological polar surface area (TPSA) is 159 Å². The molecule has 3 atom stereocenters. The molecule has 0 fully saturated rings. The number of allylic oxidation sites excluding steroid dienone is 1. The number of carbonyl (C=O) groups is 2. The first-order chi connectivity index (χ1) is 20.3. The summed E-state index contributed by atoms with van der Waals surface area (Å²) in [6, 6.07) is 0. The molecule has 0 radical (unpaired) electrons. The van der Waals surface area contributed by atoms with Crippen molar-refractivity contribution in [3.63, 3.8) is 0 Å². The lowest BCUT2D eigenvalue weighted by Crippen LogP contribution is -2.56. The van der Waals surface area contributed by atoms with Crippen molar-refractivity contribution < 1.29 is 29.3 Å². The molecule has 0 saturated carbocycles. The van der Waals surface area contributed by atoms with E-state index in [-0.39, 0.29) is 43.2 Å². The van der Waals surface area contributed by atoms with E-state index in [0.717, 1.165) is 28.4 Å². The molecular formula is C29H49N3O9S2. The monoisotopic (exact) mass is 647 g/mol. The van der Waals surface area contributed by atoms with Crippen LogP contribution in [0.3, 0.4) is 0 Å². The fourth-order valence-electron chi connectivity index (χ4n) is 3.97. The number of nitrogens with zero attached hydrogens (tertiary/aromatic N) is 3. The molecule has 43 heavy (non-hydrogen) atoms. The van der Waals surface area contributed by atoms with Gasteiger partial charge < -0.3 is 19.7 Å². The van der Waals surface area contributed by atoms with Crippen molar-refractivity contribution in [2.75, 3.05) is 24.7 Å². The zero-order valence-corrected chi connectivity index (χ0v) is 27.8. The van der Waals surface area contributed by atoms with Crippen molar-refractivity contribution in [2.24, 2.45) is 11.3 Å². The molecule has 1 rings (SSSR count). The van der Waals surface area contributed by atoms with Gasteiger partial charge in [-0.05, 0) is 25.2 Å². The third-order valence-corrected chi connectivity index (χ3v) is 9.86. The normalized spacial score (nSPS) is 13.7. The molecule has 0 bridgehead atoms. The third kappa shape index (κ3) is 13.1. The summed E-state index contributed by atoms with van der Waals surface area (Å²) in [7, 11) is 2.86. The number of aromatic nitrogens is 3. The van der Waals surface area contributed by atoms with Crippen LogP contribution in [0.25, 0.3) is 0 Å². The highest BCUT2D eigenvalue weighted by Crippen LogP contribution is 2.26. The summed E-state index contributed by atoms with van der Waals surface area (Å²) in [5, 5.41) is 21.0. The maximum Gasteiger partial charge on any atom is 0.336 e. The molecule has 3 unspecified atom stereocenters. The number of ether oxygens (including phenoxy) is 2. The molecular weight excluding hydrogens is 598 g/mol. The van der Waals surface area contributed by atoms with Crippen LogP contribution in [0.5, 0.6) is 0 Å². The third-order valence-electron chi connectivity index (χ3n) is 7.45. The van der Waals surface area contributed by atoms with Gasteiger partial charge in [0.1, 0.15) is 12.7 Å². The van der Waals surface area contributed by atoms with Crippen LogP contribution >= 0.6 is 21.6 Å². The summed E-state index contributed by atoms with van der Waals surface area (Å²) in [6.45, 7) is 12.5. The van der Waals surface area contributed by atoms with Crippen LogP contribution < -0.4 is 17.1 Å². The molecule has 0 spiro atoms. The van der Waals surface area contributed by atoms with E-state index in [9.17, 15) is 34.2 Å². The summed E-state index contributed by atoms with van der Waals surface area (Å²) in [6.07, 6.45) is 2.63. The van der Waals surface area contributed by atoms with Crippen LogP contribution in [0.15, 0.2) is 27.0 Å². The highest BCUT2D eigenvalue weighted by atomic mass is 33.1. The summed E-state index contributed by atoms with van der Waals surface area (Å²) in [5.74, 6) is -0.0351. The largest absolute Gasteiger partial charge is 0.465 e. The van der Waals surface area contributed by atoms with Crippen LogP contribution in [0.2, 0.25) is 0 Å². The van der Waals surface area contributed by atoms with Gasteiger partial charge in [-0.2, -0.15) is 0 Å². The van der Waals surface area contributed by atoms with Gasteiger partial charge in [-0.25, -0.2) is 28.1 Å². The van der Waals surface area contributed by atoms with Gasteiger partial charge in [0, 0.05) is 16.9 Å². The second-order valence-corrected chi connectivity index (χ2v) is 13.7. The summed E-state index contributed by atoms with van der Waals surface area (Å²) < 4.78 is 12.8. The van der Waals surface area contributed by atoms with Crippen molar-refractivity contribution in [1.29, 1.82) is 0 Å². The Morgan fingerprint density at radius 3 is 1.93 bits per heavy atom. The number of hydrogen-bond acceptors (Lipinski definition) is 11. The smallest absolute Gasteiger partial charge is 0.336 e. The molecule has 14 heteroatoms. The predicted molar refractivity (Wildman–Crippen MR) is 170 cm³/mol. The minimum absolute atomic E-state index is 0.00809. The lowest BCUT2D eigenvalue weighted by Gasteiger charge is -2.25. The minimum Gasteiger partial charge on any atom is -0.465 e. The zero-order valence-electron chi connectivity index (χ0n) is 26.1. The Kier molecular flexibility index (Phi) is 17.9. The van der Waals surface area contributed by atoms with E-state index in [4.69, 9.17) is 9.47 Å². The number of carbonyl (C=O) groups excluding carboxylic acids is 2. The van der Waals surface area contributed by atoms with E-state index in [1.807, 2.05) is 6.92 Å². The highest BCUT2D eigenvalue weighted by Gasteiger charge is 2.23. The number of hydrogen-bond donors (Lipinski definition) is 2. The fourth-order valence-corrected chi connectivity index (χ4v) is 5.91. The van der Waals surface area contributed by atoms with Crippen LogP contribution in [-0.2, 0) is 38.7 Å². The van der Waals surface area contributed by atoms with Gasteiger partial charge in [-0.1, -0.05) is 68.7 Å². The van der Waals surface area contributed by atoms with Gasteiger partial charge in [-0.3, -0.25) is 9.59 Å². The quantitative estimate of drug-likeness (QED) is 0.0825. The number of aliphatic hydroxyl groups excluding tert-OH is 2.